The van der Waals surface area contributed by atoms with Gasteiger partial charge in [0, 0.05) is 0 Å². The molecule has 0 atom stereocenters. The molecule has 2 aliphatic carbocycles. The van der Waals surface area contributed by atoms with E-state index in [1.54, 1.807) is 5.56 Å². The Hall–Kier alpha value is -0.781. The van der Waals surface area contributed by atoms with Crippen LogP contribution >= 0.6 is 0 Å². The first-order valence-corrected chi connectivity index (χ1v) is 9.81. The SMILES string of the molecule is c1ccc(C2C3=C(CCCC3)[Se]C3=C2CCCC3)cc1. The predicted octanol–water partition coefficient (Wildman–Crippen LogP) is 5.14. The quantitative estimate of drug-likeness (QED) is 0.626. The summed E-state index contributed by atoms with van der Waals surface area (Å²) in [5, 5.41) is 0. The molecular weight excluding hydrogens is 307 g/mol. The first-order valence-electron chi connectivity index (χ1n) is 8.10. The van der Waals surface area contributed by atoms with E-state index in [-0.39, 0.29) is 0 Å². The minimum atomic E-state index is 0.664. The maximum atomic E-state index is 2.36. The molecular formula is C19H22Se. The second kappa shape index (κ2) is 5.54. The average molecular weight is 329 g/mol. The van der Waals surface area contributed by atoms with Crippen LogP contribution in [0.1, 0.15) is 62.8 Å². The van der Waals surface area contributed by atoms with Crippen molar-refractivity contribution < 1.29 is 0 Å². The summed E-state index contributed by atoms with van der Waals surface area (Å²) in [6.45, 7) is 0. The van der Waals surface area contributed by atoms with Crippen LogP contribution in [0.4, 0.5) is 0 Å². The number of rotatable bonds is 1. The average Bonchev–Trinajstić information content (AvgIpc) is 2.53. The number of hydrogen-bond acceptors (Lipinski definition) is 0. The topological polar surface area (TPSA) is 0 Å². The second-order valence-electron chi connectivity index (χ2n) is 6.26. The summed E-state index contributed by atoms with van der Waals surface area (Å²) in [6, 6.07) is 11.3. The van der Waals surface area contributed by atoms with Crippen LogP contribution in [0.5, 0.6) is 0 Å². The molecule has 0 spiro atoms. The molecule has 1 heterocycles. The molecule has 0 saturated carbocycles. The van der Waals surface area contributed by atoms with Gasteiger partial charge in [-0.1, -0.05) is 0 Å². The van der Waals surface area contributed by atoms with Crippen molar-refractivity contribution in [3.05, 3.63) is 56.0 Å². The first kappa shape index (κ1) is 12.9. The summed E-state index contributed by atoms with van der Waals surface area (Å²) in [4.78, 5) is 0. The van der Waals surface area contributed by atoms with Crippen molar-refractivity contribution in [3.8, 4) is 0 Å². The van der Waals surface area contributed by atoms with E-state index in [0.717, 1.165) is 0 Å². The third kappa shape index (κ3) is 2.22. The summed E-state index contributed by atoms with van der Waals surface area (Å²) in [6.07, 6.45) is 11.2. The third-order valence-electron chi connectivity index (χ3n) is 4.99. The molecule has 0 unspecified atom stereocenters. The molecule has 0 nitrogen and oxygen atoms in total. The maximum absolute atomic E-state index is 2.36. The van der Waals surface area contributed by atoms with Crippen LogP contribution in [0, 0.1) is 0 Å². The molecule has 20 heavy (non-hydrogen) atoms. The molecule has 0 amide bonds. The van der Waals surface area contributed by atoms with Gasteiger partial charge in [0.05, 0.1) is 0 Å². The van der Waals surface area contributed by atoms with Crippen molar-refractivity contribution in [2.75, 3.05) is 0 Å². The van der Waals surface area contributed by atoms with Crippen molar-refractivity contribution in [1.29, 1.82) is 0 Å². The van der Waals surface area contributed by atoms with Gasteiger partial charge in [-0.25, -0.2) is 0 Å². The predicted molar refractivity (Wildman–Crippen MR) is 85.9 cm³/mol. The van der Waals surface area contributed by atoms with E-state index in [1.807, 2.05) is 20.1 Å². The zero-order chi connectivity index (χ0) is 13.4. The summed E-state index contributed by atoms with van der Waals surface area (Å²) in [5.41, 5.74) is 5.23. The molecule has 0 N–H and O–H groups in total. The Morgan fingerprint density at radius 2 is 1.25 bits per heavy atom. The van der Waals surface area contributed by atoms with Crippen LogP contribution in [0.15, 0.2) is 50.4 Å². The van der Waals surface area contributed by atoms with Crippen molar-refractivity contribution >= 4 is 15.0 Å². The van der Waals surface area contributed by atoms with Gasteiger partial charge in [0.1, 0.15) is 0 Å². The summed E-state index contributed by atoms with van der Waals surface area (Å²) >= 11 is 0.705. The molecule has 1 aliphatic heterocycles. The Balaban J connectivity index is 1.82. The Morgan fingerprint density at radius 3 is 1.85 bits per heavy atom. The van der Waals surface area contributed by atoms with Gasteiger partial charge >= 0.3 is 128 Å². The number of allylic oxidation sites excluding steroid dienone is 4. The standard InChI is InChI=1S/C19H22Se/c1-2-8-14(9-3-1)19-15-10-4-6-12-17(15)20-18-13-7-5-11-16(18)19/h1-3,8-9,19H,4-7,10-13H2. The van der Waals surface area contributed by atoms with Crippen molar-refractivity contribution in [3.63, 3.8) is 0 Å². The zero-order valence-corrected chi connectivity index (χ0v) is 13.7. The van der Waals surface area contributed by atoms with E-state index in [1.165, 1.54) is 51.4 Å². The first-order chi connectivity index (χ1) is 9.93. The molecule has 1 aromatic carbocycles. The molecule has 4 rings (SSSR count). The molecule has 0 radical (unpaired) electrons. The normalized spacial score (nSPS) is 23.6. The molecule has 1 aromatic rings. The summed E-state index contributed by atoms with van der Waals surface area (Å²) in [7, 11) is 0. The van der Waals surface area contributed by atoms with Crippen molar-refractivity contribution in [2.45, 2.75) is 57.3 Å². The van der Waals surface area contributed by atoms with Gasteiger partial charge in [0.25, 0.3) is 0 Å². The van der Waals surface area contributed by atoms with Gasteiger partial charge in [0.15, 0.2) is 0 Å². The summed E-state index contributed by atoms with van der Waals surface area (Å²) < 4.78 is 3.75. The van der Waals surface area contributed by atoms with E-state index in [4.69, 9.17) is 0 Å². The monoisotopic (exact) mass is 330 g/mol. The van der Waals surface area contributed by atoms with Crippen LogP contribution in [0.25, 0.3) is 0 Å². The molecule has 0 saturated heterocycles. The Kier molecular flexibility index (Phi) is 3.58. The molecule has 3 aliphatic rings. The molecule has 0 bridgehead atoms. The molecule has 0 fully saturated rings. The fourth-order valence-electron chi connectivity index (χ4n) is 4.05. The van der Waals surface area contributed by atoms with Crippen molar-refractivity contribution in [1.82, 2.24) is 0 Å². The third-order valence-corrected chi connectivity index (χ3v) is 7.98. The van der Waals surface area contributed by atoms with E-state index >= 15 is 0 Å². The van der Waals surface area contributed by atoms with Crippen molar-refractivity contribution in [2.24, 2.45) is 0 Å². The van der Waals surface area contributed by atoms with Gasteiger partial charge in [-0.2, -0.15) is 0 Å². The fourth-order valence-corrected chi connectivity index (χ4v) is 7.18. The van der Waals surface area contributed by atoms with Gasteiger partial charge in [-0.3, -0.25) is 0 Å². The van der Waals surface area contributed by atoms with E-state index in [0.29, 0.717) is 20.9 Å². The minimum absolute atomic E-state index is 0.664. The van der Waals surface area contributed by atoms with Gasteiger partial charge in [-0.05, 0) is 0 Å². The van der Waals surface area contributed by atoms with Gasteiger partial charge in [-0.15, -0.1) is 0 Å². The molecule has 0 aromatic heterocycles. The van der Waals surface area contributed by atoms with Crippen LogP contribution in [0.2, 0.25) is 0 Å². The Labute approximate surface area is 128 Å². The number of benzene rings is 1. The van der Waals surface area contributed by atoms with E-state index < -0.39 is 0 Å². The Bertz CT molecular complexity index is 533. The van der Waals surface area contributed by atoms with Gasteiger partial charge in [0.2, 0.25) is 0 Å². The zero-order valence-electron chi connectivity index (χ0n) is 12.0. The van der Waals surface area contributed by atoms with Crippen LogP contribution in [-0.2, 0) is 0 Å². The molecule has 1 heteroatoms. The van der Waals surface area contributed by atoms with E-state index in [2.05, 4.69) is 30.3 Å². The van der Waals surface area contributed by atoms with Crippen LogP contribution < -0.4 is 0 Å². The van der Waals surface area contributed by atoms with Gasteiger partial charge < -0.3 is 0 Å². The van der Waals surface area contributed by atoms with E-state index in [9.17, 15) is 0 Å². The Morgan fingerprint density at radius 1 is 0.700 bits per heavy atom. The summed E-state index contributed by atoms with van der Waals surface area (Å²) in [5.74, 6) is 0.664. The van der Waals surface area contributed by atoms with Crippen LogP contribution in [0.3, 0.4) is 0 Å². The number of hydrogen-bond donors (Lipinski definition) is 0. The molecule has 104 valence electrons. The second-order valence-corrected chi connectivity index (χ2v) is 8.75. The van der Waals surface area contributed by atoms with Crippen LogP contribution in [-0.4, -0.2) is 15.0 Å². The fraction of sp³-hybridized carbons (Fsp3) is 0.474.